The SMILES string of the molecule is COC(=O)C(C)n1nnc2sc3c(c2c1=O)CCC(C)C3. The number of ether oxygens (including phenoxy) is 1. The van der Waals surface area contributed by atoms with Crippen LogP contribution >= 0.6 is 11.3 Å². The molecule has 0 aromatic carbocycles. The minimum Gasteiger partial charge on any atom is -0.467 e. The minimum absolute atomic E-state index is 0.245. The summed E-state index contributed by atoms with van der Waals surface area (Å²) in [5, 5.41) is 8.67. The van der Waals surface area contributed by atoms with E-state index in [1.807, 2.05) is 0 Å². The van der Waals surface area contributed by atoms with Gasteiger partial charge in [-0.1, -0.05) is 12.1 Å². The maximum Gasteiger partial charge on any atom is 0.330 e. The number of carbonyl (C=O) groups excluding carboxylic acids is 1. The van der Waals surface area contributed by atoms with Gasteiger partial charge in [0.05, 0.1) is 12.5 Å². The molecule has 0 bridgehead atoms. The molecule has 0 amide bonds. The number of hydrogen-bond acceptors (Lipinski definition) is 6. The van der Waals surface area contributed by atoms with Crippen molar-refractivity contribution >= 4 is 27.5 Å². The smallest absolute Gasteiger partial charge is 0.330 e. The number of thiophene rings is 1. The molecule has 0 radical (unpaired) electrons. The fraction of sp³-hybridized carbons (Fsp3) is 0.571. The summed E-state index contributed by atoms with van der Waals surface area (Å²) in [6.45, 7) is 3.81. The van der Waals surface area contributed by atoms with Gasteiger partial charge < -0.3 is 4.74 Å². The van der Waals surface area contributed by atoms with Crippen molar-refractivity contribution in [2.45, 2.75) is 39.2 Å². The Kier molecular flexibility index (Phi) is 3.52. The van der Waals surface area contributed by atoms with Crippen molar-refractivity contribution in [2.24, 2.45) is 5.92 Å². The molecule has 2 aromatic heterocycles. The van der Waals surface area contributed by atoms with Crippen LogP contribution in [0.25, 0.3) is 10.2 Å². The molecule has 0 fully saturated rings. The van der Waals surface area contributed by atoms with E-state index in [-0.39, 0.29) is 5.56 Å². The molecule has 2 unspecified atom stereocenters. The third-order valence-electron chi connectivity index (χ3n) is 4.06. The summed E-state index contributed by atoms with van der Waals surface area (Å²) < 4.78 is 5.80. The molecule has 2 aromatic rings. The van der Waals surface area contributed by atoms with Gasteiger partial charge in [0.25, 0.3) is 5.56 Å². The second kappa shape index (κ2) is 5.22. The first-order valence-corrected chi connectivity index (χ1v) is 7.82. The molecule has 3 rings (SSSR count). The number of esters is 1. The highest BCUT2D eigenvalue weighted by molar-refractivity contribution is 7.18. The van der Waals surface area contributed by atoms with Gasteiger partial charge in [0.2, 0.25) is 0 Å². The Morgan fingerprint density at radius 1 is 1.52 bits per heavy atom. The first kappa shape index (κ1) is 14.2. The van der Waals surface area contributed by atoms with Gasteiger partial charge in [-0.05, 0) is 37.7 Å². The molecule has 2 heterocycles. The fourth-order valence-corrected chi connectivity index (χ4v) is 4.11. The van der Waals surface area contributed by atoms with E-state index in [0.29, 0.717) is 16.1 Å². The van der Waals surface area contributed by atoms with Gasteiger partial charge in [0.15, 0.2) is 10.9 Å². The van der Waals surface area contributed by atoms with Gasteiger partial charge in [-0.25, -0.2) is 4.79 Å². The normalized spacial score (nSPS) is 19.3. The van der Waals surface area contributed by atoms with Crippen LogP contribution in [0.4, 0.5) is 0 Å². The zero-order valence-corrected chi connectivity index (χ0v) is 13.1. The van der Waals surface area contributed by atoms with Crippen LogP contribution in [0.5, 0.6) is 0 Å². The molecule has 112 valence electrons. The van der Waals surface area contributed by atoms with E-state index in [1.165, 1.54) is 12.0 Å². The molecular weight excluding hydrogens is 290 g/mol. The number of fused-ring (bicyclic) bond motifs is 3. The van der Waals surface area contributed by atoms with Gasteiger partial charge in [0, 0.05) is 4.88 Å². The van der Waals surface area contributed by atoms with Crippen LogP contribution in [0.15, 0.2) is 4.79 Å². The Morgan fingerprint density at radius 3 is 3.00 bits per heavy atom. The van der Waals surface area contributed by atoms with Gasteiger partial charge in [-0.2, -0.15) is 4.68 Å². The zero-order chi connectivity index (χ0) is 15.1. The van der Waals surface area contributed by atoms with Gasteiger partial charge in [0.1, 0.15) is 0 Å². The van der Waals surface area contributed by atoms with E-state index in [2.05, 4.69) is 22.0 Å². The van der Waals surface area contributed by atoms with E-state index in [0.717, 1.165) is 29.5 Å². The standard InChI is InChI=1S/C14H17N3O3S/c1-7-4-5-9-10(6-7)21-12-11(9)13(18)17(16-15-12)8(2)14(19)20-3/h7-8H,4-6H2,1-3H3. The lowest BCUT2D eigenvalue weighted by atomic mass is 9.89. The van der Waals surface area contributed by atoms with Crippen molar-refractivity contribution in [1.29, 1.82) is 0 Å². The van der Waals surface area contributed by atoms with E-state index in [9.17, 15) is 9.59 Å². The van der Waals surface area contributed by atoms with Crippen molar-refractivity contribution in [3.63, 3.8) is 0 Å². The van der Waals surface area contributed by atoms with Gasteiger partial charge >= 0.3 is 5.97 Å². The molecule has 0 aliphatic heterocycles. The minimum atomic E-state index is -0.766. The van der Waals surface area contributed by atoms with Crippen molar-refractivity contribution in [1.82, 2.24) is 15.0 Å². The number of carbonyl (C=O) groups is 1. The van der Waals surface area contributed by atoms with E-state index in [4.69, 9.17) is 0 Å². The first-order valence-electron chi connectivity index (χ1n) is 7.00. The third kappa shape index (κ3) is 2.25. The van der Waals surface area contributed by atoms with Crippen LogP contribution in [0.2, 0.25) is 0 Å². The summed E-state index contributed by atoms with van der Waals surface area (Å²) >= 11 is 1.55. The van der Waals surface area contributed by atoms with Crippen LogP contribution < -0.4 is 5.56 Å². The average molecular weight is 307 g/mol. The van der Waals surface area contributed by atoms with Crippen LogP contribution in [-0.2, 0) is 22.4 Å². The predicted molar refractivity (Wildman–Crippen MR) is 79.6 cm³/mol. The summed E-state index contributed by atoms with van der Waals surface area (Å²) in [4.78, 5) is 26.2. The highest BCUT2D eigenvalue weighted by Crippen LogP contribution is 2.35. The fourth-order valence-electron chi connectivity index (χ4n) is 2.80. The zero-order valence-electron chi connectivity index (χ0n) is 12.3. The molecule has 0 N–H and O–H groups in total. The molecule has 1 aliphatic carbocycles. The molecule has 7 heteroatoms. The van der Waals surface area contributed by atoms with Crippen molar-refractivity contribution < 1.29 is 9.53 Å². The molecule has 2 atom stereocenters. The predicted octanol–water partition coefficient (Wildman–Crippen LogP) is 1.71. The number of nitrogens with zero attached hydrogens (tertiary/aromatic N) is 3. The molecule has 0 saturated carbocycles. The number of methoxy groups -OCH3 is 1. The summed E-state index contributed by atoms with van der Waals surface area (Å²) in [6.07, 6.45) is 2.96. The Hall–Kier alpha value is -1.76. The lowest BCUT2D eigenvalue weighted by molar-refractivity contribution is -0.144. The Balaban J connectivity index is 2.17. The summed E-state index contributed by atoms with van der Waals surface area (Å²) in [5.41, 5.74) is 0.851. The second-order valence-corrected chi connectivity index (χ2v) is 6.65. The Morgan fingerprint density at radius 2 is 2.29 bits per heavy atom. The monoisotopic (exact) mass is 307 g/mol. The maximum absolute atomic E-state index is 12.7. The van der Waals surface area contributed by atoms with E-state index >= 15 is 0 Å². The van der Waals surface area contributed by atoms with E-state index in [1.54, 1.807) is 18.3 Å². The average Bonchev–Trinajstić information content (AvgIpc) is 2.84. The largest absolute Gasteiger partial charge is 0.467 e. The molecule has 1 aliphatic rings. The number of hydrogen-bond donors (Lipinski definition) is 0. The molecule has 0 saturated heterocycles. The van der Waals surface area contributed by atoms with Crippen molar-refractivity contribution in [2.75, 3.05) is 7.11 Å². The van der Waals surface area contributed by atoms with Crippen LogP contribution in [-0.4, -0.2) is 28.1 Å². The second-order valence-electron chi connectivity index (χ2n) is 5.57. The first-order chi connectivity index (χ1) is 10.0. The lowest BCUT2D eigenvalue weighted by Crippen LogP contribution is -2.32. The summed E-state index contributed by atoms with van der Waals surface area (Å²) in [6, 6.07) is -0.766. The van der Waals surface area contributed by atoms with E-state index < -0.39 is 12.0 Å². The number of rotatable bonds is 2. The van der Waals surface area contributed by atoms with Crippen LogP contribution in [0.1, 0.15) is 36.8 Å². The highest BCUT2D eigenvalue weighted by Gasteiger charge is 2.26. The molecule has 6 nitrogen and oxygen atoms in total. The molecular formula is C14H17N3O3S. The third-order valence-corrected chi connectivity index (χ3v) is 5.19. The molecule has 21 heavy (non-hydrogen) atoms. The van der Waals surface area contributed by atoms with Gasteiger partial charge in [-0.3, -0.25) is 4.79 Å². The number of aromatic nitrogens is 3. The summed E-state index contributed by atoms with van der Waals surface area (Å²) in [5.74, 6) is 0.137. The maximum atomic E-state index is 12.7. The lowest BCUT2D eigenvalue weighted by Gasteiger charge is -2.17. The number of aryl methyl sites for hydroxylation is 1. The Labute approximate surface area is 125 Å². The molecule has 0 spiro atoms. The Bertz CT molecular complexity index is 765. The highest BCUT2D eigenvalue weighted by atomic mass is 32.1. The van der Waals surface area contributed by atoms with Crippen LogP contribution in [0, 0.1) is 5.92 Å². The summed E-state index contributed by atoms with van der Waals surface area (Å²) in [7, 11) is 1.30. The topological polar surface area (TPSA) is 74.1 Å². The van der Waals surface area contributed by atoms with Crippen molar-refractivity contribution in [3.05, 3.63) is 20.8 Å². The van der Waals surface area contributed by atoms with Gasteiger partial charge in [-0.15, -0.1) is 16.4 Å². The quantitative estimate of drug-likeness (QED) is 0.790. The van der Waals surface area contributed by atoms with Crippen molar-refractivity contribution in [3.8, 4) is 0 Å². The van der Waals surface area contributed by atoms with Crippen LogP contribution in [0.3, 0.4) is 0 Å².